The second-order valence-electron chi connectivity index (χ2n) is 7.37. The van der Waals surface area contributed by atoms with Crippen molar-refractivity contribution in [2.45, 2.75) is 12.5 Å². The van der Waals surface area contributed by atoms with Crippen molar-refractivity contribution in [2.75, 3.05) is 29.3 Å². The maximum Gasteiger partial charge on any atom is 0.265 e. The van der Waals surface area contributed by atoms with E-state index in [9.17, 15) is 14.4 Å². The smallest absolute Gasteiger partial charge is 0.265 e. The van der Waals surface area contributed by atoms with Gasteiger partial charge in [0.1, 0.15) is 17.5 Å². The summed E-state index contributed by atoms with van der Waals surface area (Å²) in [5.74, 6) is -0.0719. The number of benzene rings is 3. The van der Waals surface area contributed by atoms with E-state index in [1.54, 1.807) is 79.9 Å². The lowest BCUT2D eigenvalue weighted by molar-refractivity contribution is -0.127. The average molecular weight is 445 g/mol. The van der Waals surface area contributed by atoms with Crippen LogP contribution in [-0.2, 0) is 14.4 Å². The van der Waals surface area contributed by atoms with Gasteiger partial charge in [0.25, 0.3) is 5.91 Å². The molecule has 1 aliphatic rings. The molecule has 0 saturated heterocycles. The van der Waals surface area contributed by atoms with Crippen molar-refractivity contribution in [1.29, 1.82) is 0 Å². The van der Waals surface area contributed by atoms with Crippen LogP contribution in [0.2, 0.25) is 0 Å². The van der Waals surface area contributed by atoms with Crippen molar-refractivity contribution in [3.63, 3.8) is 0 Å². The van der Waals surface area contributed by atoms with Gasteiger partial charge < -0.3 is 20.1 Å². The first-order chi connectivity index (χ1) is 16.0. The summed E-state index contributed by atoms with van der Waals surface area (Å²) in [5.41, 5.74) is 1.58. The van der Waals surface area contributed by atoms with Crippen LogP contribution in [0, 0.1) is 0 Å². The quantitative estimate of drug-likeness (QED) is 0.581. The molecule has 0 unspecified atom stereocenters. The Kier molecular flexibility index (Phi) is 6.54. The number of amides is 3. The van der Waals surface area contributed by atoms with Gasteiger partial charge in [-0.15, -0.1) is 0 Å². The van der Waals surface area contributed by atoms with E-state index >= 15 is 0 Å². The molecule has 1 heterocycles. The number of carbonyl (C=O) groups excluding carboxylic acids is 3. The van der Waals surface area contributed by atoms with Crippen LogP contribution in [-0.4, -0.2) is 37.5 Å². The molecule has 0 spiro atoms. The minimum absolute atomic E-state index is 0.219. The number of ether oxygens (including phenoxy) is 2. The van der Waals surface area contributed by atoms with Crippen LogP contribution in [0.25, 0.3) is 0 Å². The van der Waals surface area contributed by atoms with Crippen LogP contribution < -0.4 is 25.0 Å². The van der Waals surface area contributed by atoms with E-state index < -0.39 is 23.8 Å². The molecular weight excluding hydrogens is 422 g/mol. The minimum Gasteiger partial charge on any atom is -0.497 e. The summed E-state index contributed by atoms with van der Waals surface area (Å²) in [4.78, 5) is 40.1. The van der Waals surface area contributed by atoms with Gasteiger partial charge in [-0.1, -0.05) is 30.3 Å². The van der Waals surface area contributed by atoms with Gasteiger partial charge in [0.15, 0.2) is 6.61 Å². The highest BCUT2D eigenvalue weighted by molar-refractivity contribution is 6.14. The van der Waals surface area contributed by atoms with E-state index in [4.69, 9.17) is 9.47 Å². The lowest BCUT2D eigenvalue weighted by Gasteiger charge is -2.36. The third-order valence-electron chi connectivity index (χ3n) is 5.16. The maximum atomic E-state index is 13.2. The van der Waals surface area contributed by atoms with Crippen molar-refractivity contribution in [3.8, 4) is 11.5 Å². The van der Waals surface area contributed by atoms with Gasteiger partial charge in [-0.3, -0.25) is 19.3 Å². The SMILES string of the molecule is COc1ccc(NC(=O)C[C@H]2C(=O)Nc3ccccc3N2C(=O)COc2ccccc2)cc1. The molecule has 0 aliphatic carbocycles. The molecule has 168 valence electrons. The maximum absolute atomic E-state index is 13.2. The summed E-state index contributed by atoms with van der Waals surface area (Å²) in [6.45, 7) is -0.276. The molecule has 3 aromatic rings. The van der Waals surface area contributed by atoms with E-state index in [1.165, 1.54) is 4.90 Å². The molecule has 1 aliphatic heterocycles. The van der Waals surface area contributed by atoms with Gasteiger partial charge in [0.05, 0.1) is 24.9 Å². The number of hydrogen-bond acceptors (Lipinski definition) is 5. The summed E-state index contributed by atoms with van der Waals surface area (Å²) in [6.07, 6.45) is -0.219. The second kappa shape index (κ2) is 9.86. The van der Waals surface area contributed by atoms with Crippen molar-refractivity contribution < 1.29 is 23.9 Å². The zero-order chi connectivity index (χ0) is 23.2. The van der Waals surface area contributed by atoms with Gasteiger partial charge in [-0.05, 0) is 48.5 Å². The summed E-state index contributed by atoms with van der Waals surface area (Å²) < 4.78 is 10.7. The molecule has 0 aromatic heterocycles. The standard InChI is InChI=1S/C25H23N3O5/c1-32-18-13-11-17(12-14-18)26-23(29)15-22-25(31)27-20-9-5-6-10-21(20)28(22)24(30)16-33-19-7-3-2-4-8-19/h2-14,22H,15-16H2,1H3,(H,26,29)(H,27,31)/t22-/m0/s1. The highest BCUT2D eigenvalue weighted by Gasteiger charge is 2.38. The van der Waals surface area contributed by atoms with Crippen molar-refractivity contribution in [3.05, 3.63) is 78.9 Å². The van der Waals surface area contributed by atoms with Crippen LogP contribution >= 0.6 is 0 Å². The molecule has 2 N–H and O–H groups in total. The van der Waals surface area contributed by atoms with Crippen LogP contribution in [0.5, 0.6) is 11.5 Å². The summed E-state index contributed by atoms with van der Waals surface area (Å²) in [5, 5.41) is 5.54. The fraction of sp³-hybridized carbons (Fsp3) is 0.160. The highest BCUT2D eigenvalue weighted by Crippen LogP contribution is 2.33. The normalized spacial score (nSPS) is 14.6. The second-order valence-corrected chi connectivity index (χ2v) is 7.37. The predicted octanol–water partition coefficient (Wildman–Crippen LogP) is 3.46. The van der Waals surface area contributed by atoms with E-state index in [0.29, 0.717) is 28.6 Å². The van der Waals surface area contributed by atoms with Crippen LogP contribution in [0.15, 0.2) is 78.9 Å². The Balaban J connectivity index is 1.52. The molecule has 4 rings (SSSR count). The molecule has 1 atom stereocenters. The number of hydrogen-bond donors (Lipinski definition) is 2. The zero-order valence-electron chi connectivity index (χ0n) is 18.0. The number of methoxy groups -OCH3 is 1. The van der Waals surface area contributed by atoms with Gasteiger partial charge in [0, 0.05) is 5.69 Å². The number of nitrogens with zero attached hydrogens (tertiary/aromatic N) is 1. The Hall–Kier alpha value is -4.33. The van der Waals surface area contributed by atoms with E-state index in [0.717, 1.165) is 0 Å². The lowest BCUT2D eigenvalue weighted by Crippen LogP contribution is -2.53. The molecule has 3 amide bonds. The number of fused-ring (bicyclic) bond motifs is 1. The van der Waals surface area contributed by atoms with Crippen LogP contribution in [0.1, 0.15) is 6.42 Å². The Bertz CT molecular complexity index is 1150. The van der Waals surface area contributed by atoms with Crippen molar-refractivity contribution in [1.82, 2.24) is 0 Å². The van der Waals surface area contributed by atoms with E-state index in [1.807, 2.05) is 6.07 Å². The van der Waals surface area contributed by atoms with Crippen LogP contribution in [0.3, 0.4) is 0 Å². The molecule has 0 radical (unpaired) electrons. The summed E-state index contributed by atoms with van der Waals surface area (Å²) >= 11 is 0. The van der Waals surface area contributed by atoms with Crippen molar-refractivity contribution >= 4 is 34.8 Å². The summed E-state index contributed by atoms with van der Waals surface area (Å²) in [7, 11) is 1.56. The largest absolute Gasteiger partial charge is 0.497 e. The number of anilines is 3. The molecule has 0 saturated carbocycles. The van der Waals surface area contributed by atoms with E-state index in [-0.39, 0.29) is 13.0 Å². The van der Waals surface area contributed by atoms with E-state index in [2.05, 4.69) is 10.6 Å². The fourth-order valence-corrected chi connectivity index (χ4v) is 3.58. The Morgan fingerprint density at radius 2 is 1.64 bits per heavy atom. The first-order valence-corrected chi connectivity index (χ1v) is 10.4. The summed E-state index contributed by atoms with van der Waals surface area (Å²) in [6, 6.07) is 21.7. The molecule has 0 fully saturated rings. The molecule has 0 bridgehead atoms. The highest BCUT2D eigenvalue weighted by atomic mass is 16.5. The third kappa shape index (κ3) is 5.12. The van der Waals surface area contributed by atoms with Gasteiger partial charge >= 0.3 is 0 Å². The minimum atomic E-state index is -1.02. The van der Waals surface area contributed by atoms with Gasteiger partial charge in [-0.25, -0.2) is 0 Å². The lowest BCUT2D eigenvalue weighted by atomic mass is 10.0. The zero-order valence-corrected chi connectivity index (χ0v) is 18.0. The Morgan fingerprint density at radius 3 is 2.36 bits per heavy atom. The molecular formula is C25H23N3O5. The first kappa shape index (κ1) is 21.9. The third-order valence-corrected chi connectivity index (χ3v) is 5.16. The number of nitrogens with one attached hydrogen (secondary N) is 2. The fourth-order valence-electron chi connectivity index (χ4n) is 3.58. The Morgan fingerprint density at radius 1 is 0.939 bits per heavy atom. The Labute approximate surface area is 191 Å². The number of rotatable bonds is 7. The average Bonchev–Trinajstić information content (AvgIpc) is 2.84. The first-order valence-electron chi connectivity index (χ1n) is 10.4. The monoisotopic (exact) mass is 445 g/mol. The molecule has 8 heteroatoms. The molecule has 3 aromatic carbocycles. The number of carbonyl (C=O) groups is 3. The van der Waals surface area contributed by atoms with Crippen LogP contribution in [0.4, 0.5) is 17.1 Å². The molecule has 8 nitrogen and oxygen atoms in total. The van der Waals surface area contributed by atoms with Crippen molar-refractivity contribution in [2.24, 2.45) is 0 Å². The molecule has 33 heavy (non-hydrogen) atoms. The topological polar surface area (TPSA) is 97.0 Å². The van der Waals surface area contributed by atoms with Gasteiger partial charge in [0.2, 0.25) is 11.8 Å². The predicted molar refractivity (Wildman–Crippen MR) is 125 cm³/mol. The number of para-hydroxylation sites is 3. The van der Waals surface area contributed by atoms with Gasteiger partial charge in [-0.2, -0.15) is 0 Å².